The molecule has 4 aliphatic rings. The zero-order chi connectivity index (χ0) is 22.9. The maximum absolute atomic E-state index is 13.8. The van der Waals surface area contributed by atoms with Crippen LogP contribution in [0.3, 0.4) is 0 Å². The number of carbonyl (C=O) groups is 1. The fraction of sp³-hybridized carbons (Fsp3) is 0.955. The summed E-state index contributed by atoms with van der Waals surface area (Å²) in [7, 11) is -0.0423. The molecule has 0 aromatic rings. The lowest BCUT2D eigenvalue weighted by atomic mass is 9.71. The van der Waals surface area contributed by atoms with E-state index in [1.165, 1.54) is 0 Å². The molecule has 3 aliphatic heterocycles. The Bertz CT molecular complexity index is 757. The number of carboxylic acids is 1. The summed E-state index contributed by atoms with van der Waals surface area (Å²) in [5.74, 6) is -0.544. The zero-order valence-electron chi connectivity index (χ0n) is 19.3. The van der Waals surface area contributed by atoms with E-state index in [0.717, 1.165) is 45.1 Å². The number of hydrazine groups is 1. The van der Waals surface area contributed by atoms with Crippen LogP contribution in [0.15, 0.2) is 0 Å². The number of nitrogens with zero attached hydrogens (tertiary/aromatic N) is 2. The first kappa shape index (κ1) is 24.3. The van der Waals surface area contributed by atoms with Crippen molar-refractivity contribution in [2.24, 2.45) is 17.8 Å². The van der Waals surface area contributed by atoms with Crippen molar-refractivity contribution in [3.05, 3.63) is 0 Å². The molecule has 0 aromatic heterocycles. The lowest BCUT2D eigenvalue weighted by molar-refractivity contribution is -0.138. The van der Waals surface area contributed by atoms with E-state index in [0.29, 0.717) is 26.1 Å². The number of ether oxygens (including phenoxy) is 2. The molecule has 32 heavy (non-hydrogen) atoms. The van der Waals surface area contributed by atoms with Crippen LogP contribution < -0.4 is 5.43 Å². The van der Waals surface area contributed by atoms with Crippen LogP contribution >= 0.6 is 0 Å². The fourth-order valence-electron chi connectivity index (χ4n) is 6.71. The van der Waals surface area contributed by atoms with E-state index in [9.17, 15) is 18.3 Å². The smallest absolute Gasteiger partial charge is 0.303 e. The van der Waals surface area contributed by atoms with Crippen LogP contribution in [-0.2, 0) is 24.3 Å². The Morgan fingerprint density at radius 2 is 1.81 bits per heavy atom. The summed E-state index contributed by atoms with van der Waals surface area (Å²) in [6.45, 7) is 2.55. The summed E-state index contributed by atoms with van der Waals surface area (Å²) in [6.07, 6.45) is 5.87. The molecule has 9 nitrogen and oxygen atoms in total. The van der Waals surface area contributed by atoms with E-state index in [1.807, 2.05) is 0 Å². The zero-order valence-corrected chi connectivity index (χ0v) is 20.1. The SMILES string of the molecule is COC1CCN(S(=O)(=O)C2CCCC(OC)C2C2CCN3NCC(CC(=O)O)C3C2)CC1. The van der Waals surface area contributed by atoms with Gasteiger partial charge in [-0.3, -0.25) is 10.2 Å². The molecule has 6 unspecified atom stereocenters. The molecule has 3 heterocycles. The predicted molar refractivity (Wildman–Crippen MR) is 119 cm³/mol. The van der Waals surface area contributed by atoms with Crippen molar-refractivity contribution in [2.45, 2.75) is 74.9 Å². The molecule has 0 aromatic carbocycles. The van der Waals surface area contributed by atoms with Crippen molar-refractivity contribution >= 4 is 16.0 Å². The Morgan fingerprint density at radius 1 is 1.06 bits per heavy atom. The van der Waals surface area contributed by atoms with Crippen molar-refractivity contribution in [1.82, 2.24) is 14.7 Å². The van der Waals surface area contributed by atoms with E-state index in [2.05, 4.69) is 10.4 Å². The van der Waals surface area contributed by atoms with Gasteiger partial charge in [-0.05, 0) is 50.9 Å². The van der Waals surface area contributed by atoms with Gasteiger partial charge in [0.2, 0.25) is 10.0 Å². The van der Waals surface area contributed by atoms with Crippen molar-refractivity contribution in [3.8, 4) is 0 Å². The molecule has 0 spiro atoms. The summed E-state index contributed by atoms with van der Waals surface area (Å²) in [5.41, 5.74) is 3.37. The molecule has 0 bridgehead atoms. The molecule has 10 heteroatoms. The van der Waals surface area contributed by atoms with Crippen LogP contribution in [0.1, 0.15) is 51.4 Å². The summed E-state index contributed by atoms with van der Waals surface area (Å²) in [4.78, 5) is 11.4. The Balaban J connectivity index is 1.53. The number of hydrogen-bond donors (Lipinski definition) is 2. The molecule has 6 atom stereocenters. The van der Waals surface area contributed by atoms with Gasteiger partial charge in [-0.15, -0.1) is 0 Å². The third kappa shape index (κ3) is 4.86. The van der Waals surface area contributed by atoms with Gasteiger partial charge in [0, 0.05) is 58.3 Å². The van der Waals surface area contributed by atoms with Crippen molar-refractivity contribution in [2.75, 3.05) is 40.4 Å². The highest BCUT2D eigenvalue weighted by molar-refractivity contribution is 7.89. The summed E-state index contributed by atoms with van der Waals surface area (Å²) < 4.78 is 40.6. The van der Waals surface area contributed by atoms with Gasteiger partial charge in [0.05, 0.1) is 23.9 Å². The van der Waals surface area contributed by atoms with Gasteiger partial charge in [-0.1, -0.05) is 0 Å². The molecule has 4 rings (SSSR count). The first-order valence-corrected chi connectivity index (χ1v) is 13.6. The minimum absolute atomic E-state index is 0.0490. The normalized spacial score (nSPS) is 37.9. The highest BCUT2D eigenvalue weighted by Crippen LogP contribution is 2.44. The topological polar surface area (TPSA) is 108 Å². The third-order valence-electron chi connectivity index (χ3n) is 8.38. The van der Waals surface area contributed by atoms with Crippen LogP contribution in [-0.4, -0.2) is 92.7 Å². The third-order valence-corrected chi connectivity index (χ3v) is 10.8. The van der Waals surface area contributed by atoms with Gasteiger partial charge in [0.25, 0.3) is 0 Å². The van der Waals surface area contributed by atoms with Gasteiger partial charge in [0.1, 0.15) is 0 Å². The Morgan fingerprint density at radius 3 is 2.47 bits per heavy atom. The van der Waals surface area contributed by atoms with Crippen LogP contribution in [0.2, 0.25) is 0 Å². The van der Waals surface area contributed by atoms with Gasteiger partial charge >= 0.3 is 5.97 Å². The summed E-state index contributed by atoms with van der Waals surface area (Å²) in [5, 5.41) is 11.1. The fourth-order valence-corrected chi connectivity index (χ4v) is 9.07. The minimum atomic E-state index is -3.44. The molecule has 4 fully saturated rings. The maximum Gasteiger partial charge on any atom is 0.303 e. The second-order valence-corrected chi connectivity index (χ2v) is 12.1. The van der Waals surface area contributed by atoms with E-state index >= 15 is 0 Å². The van der Waals surface area contributed by atoms with Crippen LogP contribution in [0.5, 0.6) is 0 Å². The highest BCUT2D eigenvalue weighted by atomic mass is 32.2. The maximum atomic E-state index is 13.8. The summed E-state index contributed by atoms with van der Waals surface area (Å²) >= 11 is 0. The molecular formula is C22H39N3O6S. The van der Waals surface area contributed by atoms with Gasteiger partial charge < -0.3 is 14.6 Å². The molecule has 184 valence electrons. The lowest BCUT2D eigenvalue weighted by Gasteiger charge is -2.47. The van der Waals surface area contributed by atoms with Gasteiger partial charge in [0.15, 0.2) is 0 Å². The number of methoxy groups -OCH3 is 2. The molecular weight excluding hydrogens is 434 g/mol. The van der Waals surface area contributed by atoms with E-state index < -0.39 is 21.2 Å². The molecule has 2 N–H and O–H groups in total. The van der Waals surface area contributed by atoms with E-state index in [4.69, 9.17) is 9.47 Å². The average molecular weight is 474 g/mol. The Hall–Kier alpha value is -0.780. The quantitative estimate of drug-likeness (QED) is 0.570. The molecule has 0 amide bonds. The first-order chi connectivity index (χ1) is 15.3. The number of rotatable bonds is 7. The monoisotopic (exact) mass is 473 g/mol. The van der Waals surface area contributed by atoms with Crippen molar-refractivity contribution in [1.29, 1.82) is 0 Å². The number of nitrogens with one attached hydrogen (secondary N) is 1. The van der Waals surface area contributed by atoms with Crippen molar-refractivity contribution < 1.29 is 27.8 Å². The van der Waals surface area contributed by atoms with Crippen LogP contribution in [0, 0.1) is 17.8 Å². The molecule has 1 aliphatic carbocycles. The van der Waals surface area contributed by atoms with Gasteiger partial charge in [-0.25, -0.2) is 17.7 Å². The predicted octanol–water partition coefficient (Wildman–Crippen LogP) is 1.30. The second kappa shape index (κ2) is 10.2. The molecule has 0 radical (unpaired) electrons. The van der Waals surface area contributed by atoms with E-state index in [1.54, 1.807) is 18.5 Å². The number of hydrogen-bond acceptors (Lipinski definition) is 7. The highest BCUT2D eigenvalue weighted by Gasteiger charge is 2.50. The number of fused-ring (bicyclic) bond motifs is 1. The van der Waals surface area contributed by atoms with Crippen molar-refractivity contribution in [3.63, 3.8) is 0 Å². The molecule has 3 saturated heterocycles. The standard InChI is InChI=1S/C22H39N3O6S/c1-30-17-7-9-24(10-8-17)32(28,29)20-5-3-4-19(31-2)22(20)15-6-11-25-18(12-15)16(14-23-25)13-21(26)27/h15-20,22-23H,3-14H2,1-2H3,(H,26,27). The van der Waals surface area contributed by atoms with E-state index in [-0.39, 0.29) is 42.4 Å². The Kier molecular flexibility index (Phi) is 7.78. The number of sulfonamides is 1. The number of carboxylic acid groups (broad SMARTS) is 1. The second-order valence-electron chi connectivity index (χ2n) is 9.97. The van der Waals surface area contributed by atoms with Crippen LogP contribution in [0.4, 0.5) is 0 Å². The van der Waals surface area contributed by atoms with Gasteiger partial charge in [-0.2, -0.15) is 0 Å². The summed E-state index contributed by atoms with van der Waals surface area (Å²) in [6, 6.07) is 0.144. The van der Waals surface area contributed by atoms with Crippen LogP contribution in [0.25, 0.3) is 0 Å². The first-order valence-electron chi connectivity index (χ1n) is 12.1. The Labute approximate surface area is 191 Å². The minimum Gasteiger partial charge on any atom is -0.481 e. The average Bonchev–Trinajstić information content (AvgIpc) is 3.19. The largest absolute Gasteiger partial charge is 0.481 e. The lowest BCUT2D eigenvalue weighted by Crippen LogP contribution is -2.55. The molecule has 1 saturated carbocycles. The number of aliphatic carboxylic acids is 1. The number of piperidine rings is 2.